The highest BCUT2D eigenvalue weighted by atomic mass is 16.5. The van der Waals surface area contributed by atoms with Crippen molar-refractivity contribution >= 4 is 28.3 Å². The Morgan fingerprint density at radius 3 is 2.54 bits per heavy atom. The normalized spacial score (nSPS) is 11.5. The van der Waals surface area contributed by atoms with Crippen LogP contribution in [0, 0.1) is 13.8 Å². The molecule has 0 N–H and O–H groups in total. The van der Waals surface area contributed by atoms with Crippen LogP contribution in [0.15, 0.2) is 55.0 Å². The highest BCUT2D eigenvalue weighted by Gasteiger charge is 2.19. The second kappa shape index (κ2) is 5.92. The van der Waals surface area contributed by atoms with Crippen molar-refractivity contribution in [2.75, 3.05) is 7.11 Å². The van der Waals surface area contributed by atoms with E-state index in [1.807, 2.05) is 27.1 Å². The summed E-state index contributed by atoms with van der Waals surface area (Å²) in [5, 5.41) is 0.945. The van der Waals surface area contributed by atoms with E-state index in [1.165, 1.54) is 23.8 Å². The quantitative estimate of drug-likeness (QED) is 0.437. The van der Waals surface area contributed by atoms with Crippen molar-refractivity contribution in [2.45, 2.75) is 13.8 Å². The molecule has 5 aromatic rings. The monoisotopic (exact) mass is 370 g/mol. The minimum atomic E-state index is -0.465. The second-order valence-corrected chi connectivity index (χ2v) is 6.88. The molecule has 0 unspecified atom stereocenters. The van der Waals surface area contributed by atoms with Gasteiger partial charge >= 0.3 is 5.97 Å². The largest absolute Gasteiger partial charge is 0.464 e. The maximum Gasteiger partial charge on any atom is 0.358 e. The van der Waals surface area contributed by atoms with E-state index in [-0.39, 0.29) is 5.69 Å². The standard InChI is InChI=1S/C22H18N4O2/c1-13-6-4-7-14(2)18(13)15-8-5-9-16-19(15)25-11-10-23-22(25)26-12-17(21(27)28-3)24-20(16)26/h4-12H,1-3H3. The van der Waals surface area contributed by atoms with Gasteiger partial charge in [-0.25, -0.2) is 14.8 Å². The van der Waals surface area contributed by atoms with E-state index in [1.54, 1.807) is 12.4 Å². The molecule has 0 radical (unpaired) electrons. The fourth-order valence-electron chi connectivity index (χ4n) is 4.00. The predicted octanol–water partition coefficient (Wildman–Crippen LogP) is 4.21. The molecule has 0 amide bonds. The molecule has 0 aliphatic carbocycles. The molecule has 28 heavy (non-hydrogen) atoms. The van der Waals surface area contributed by atoms with Crippen molar-refractivity contribution in [2.24, 2.45) is 0 Å². The molecule has 6 nitrogen and oxygen atoms in total. The van der Waals surface area contributed by atoms with Crippen LogP contribution in [0.5, 0.6) is 0 Å². The van der Waals surface area contributed by atoms with Crippen LogP contribution >= 0.6 is 0 Å². The molecule has 0 fully saturated rings. The number of hydrogen-bond acceptors (Lipinski definition) is 4. The van der Waals surface area contributed by atoms with Crippen LogP contribution in [0.2, 0.25) is 0 Å². The highest BCUT2D eigenvalue weighted by Crippen LogP contribution is 2.35. The number of nitrogens with zero attached hydrogens (tertiary/aromatic N) is 4. The molecule has 0 bridgehead atoms. The first kappa shape index (κ1) is 16.5. The van der Waals surface area contributed by atoms with Gasteiger partial charge in [-0.15, -0.1) is 0 Å². The van der Waals surface area contributed by atoms with Crippen LogP contribution < -0.4 is 0 Å². The Kier molecular flexibility index (Phi) is 3.49. The first-order valence-electron chi connectivity index (χ1n) is 9.02. The average molecular weight is 370 g/mol. The van der Waals surface area contributed by atoms with Crippen molar-refractivity contribution in [1.29, 1.82) is 0 Å². The van der Waals surface area contributed by atoms with E-state index >= 15 is 0 Å². The van der Waals surface area contributed by atoms with Gasteiger partial charge < -0.3 is 4.74 Å². The number of imidazole rings is 2. The average Bonchev–Trinajstić information content (AvgIpc) is 3.34. The fourth-order valence-corrected chi connectivity index (χ4v) is 4.00. The minimum absolute atomic E-state index is 0.261. The number of esters is 1. The Morgan fingerprint density at radius 1 is 1.04 bits per heavy atom. The molecule has 0 aliphatic heterocycles. The van der Waals surface area contributed by atoms with Gasteiger partial charge in [-0.05, 0) is 36.6 Å². The number of para-hydroxylation sites is 1. The maximum atomic E-state index is 12.0. The summed E-state index contributed by atoms with van der Waals surface area (Å²) in [6.45, 7) is 4.24. The lowest BCUT2D eigenvalue weighted by atomic mass is 9.94. The van der Waals surface area contributed by atoms with Crippen LogP contribution in [0.1, 0.15) is 21.6 Å². The summed E-state index contributed by atoms with van der Waals surface area (Å²) in [6, 6.07) is 12.5. The van der Waals surface area contributed by atoms with Gasteiger partial charge in [0.2, 0.25) is 5.78 Å². The van der Waals surface area contributed by atoms with Crippen molar-refractivity contribution in [3.63, 3.8) is 0 Å². The predicted molar refractivity (Wildman–Crippen MR) is 108 cm³/mol. The highest BCUT2D eigenvalue weighted by molar-refractivity contribution is 6.04. The molecular formula is C22H18N4O2. The zero-order valence-corrected chi connectivity index (χ0v) is 15.8. The molecule has 2 aromatic carbocycles. The summed E-state index contributed by atoms with van der Waals surface area (Å²) >= 11 is 0. The van der Waals surface area contributed by atoms with E-state index in [0.717, 1.165) is 16.5 Å². The van der Waals surface area contributed by atoms with Crippen molar-refractivity contribution < 1.29 is 9.53 Å². The SMILES string of the molecule is COC(=O)c1cn2c(n1)c1cccc(-c3c(C)cccc3C)c1n1ccnc21. The summed E-state index contributed by atoms with van der Waals surface area (Å²) in [6.07, 6.45) is 5.37. The number of carbonyl (C=O) groups excluding carboxylic acids is 1. The molecule has 6 heteroatoms. The molecule has 3 aromatic heterocycles. The summed E-state index contributed by atoms with van der Waals surface area (Å²) in [7, 11) is 1.36. The Hall–Kier alpha value is -3.67. The Morgan fingerprint density at radius 2 is 1.79 bits per heavy atom. The van der Waals surface area contributed by atoms with Crippen LogP contribution in [0.25, 0.3) is 33.5 Å². The third-order valence-corrected chi connectivity index (χ3v) is 5.21. The molecule has 0 saturated heterocycles. The van der Waals surface area contributed by atoms with Gasteiger partial charge in [0.15, 0.2) is 5.69 Å². The van der Waals surface area contributed by atoms with Crippen molar-refractivity contribution in [3.05, 3.63) is 71.8 Å². The van der Waals surface area contributed by atoms with E-state index in [4.69, 9.17) is 4.74 Å². The van der Waals surface area contributed by atoms with Crippen LogP contribution in [-0.4, -0.2) is 31.8 Å². The summed E-state index contributed by atoms with van der Waals surface area (Å²) in [5.74, 6) is 0.233. The van der Waals surface area contributed by atoms with E-state index in [0.29, 0.717) is 11.4 Å². The zero-order chi connectivity index (χ0) is 19.4. The first-order chi connectivity index (χ1) is 13.6. The van der Waals surface area contributed by atoms with Gasteiger partial charge in [0.1, 0.15) is 5.65 Å². The van der Waals surface area contributed by atoms with E-state index in [9.17, 15) is 4.79 Å². The topological polar surface area (TPSA) is 60.9 Å². The minimum Gasteiger partial charge on any atom is -0.464 e. The third-order valence-electron chi connectivity index (χ3n) is 5.21. The van der Waals surface area contributed by atoms with Gasteiger partial charge in [0, 0.05) is 29.5 Å². The number of fused-ring (bicyclic) bond motifs is 6. The number of methoxy groups -OCH3 is 1. The molecule has 0 aliphatic rings. The van der Waals surface area contributed by atoms with Gasteiger partial charge in [0.25, 0.3) is 0 Å². The number of ether oxygens (including phenoxy) is 1. The number of benzene rings is 2. The first-order valence-corrected chi connectivity index (χ1v) is 9.02. The lowest BCUT2D eigenvalue weighted by molar-refractivity contribution is 0.0595. The van der Waals surface area contributed by atoms with Gasteiger partial charge in [0.05, 0.1) is 12.6 Å². The van der Waals surface area contributed by atoms with Gasteiger partial charge in [-0.2, -0.15) is 0 Å². The molecule has 138 valence electrons. The molecule has 0 saturated carbocycles. The summed E-state index contributed by atoms with van der Waals surface area (Å²) < 4.78 is 8.74. The summed E-state index contributed by atoms with van der Waals surface area (Å²) in [4.78, 5) is 21.1. The fraction of sp³-hybridized carbons (Fsp3) is 0.136. The third kappa shape index (κ3) is 2.18. The Bertz CT molecular complexity index is 1370. The number of aryl methyl sites for hydroxylation is 2. The molecule has 3 heterocycles. The number of hydrogen-bond donors (Lipinski definition) is 0. The molecular weight excluding hydrogens is 352 g/mol. The lowest BCUT2D eigenvalue weighted by Crippen LogP contribution is -2.00. The maximum absolute atomic E-state index is 12.0. The smallest absolute Gasteiger partial charge is 0.358 e. The van der Waals surface area contributed by atoms with Crippen molar-refractivity contribution in [3.8, 4) is 11.1 Å². The Balaban J connectivity index is 1.99. The van der Waals surface area contributed by atoms with Crippen LogP contribution in [0.3, 0.4) is 0 Å². The van der Waals surface area contributed by atoms with E-state index in [2.05, 4.69) is 48.1 Å². The van der Waals surface area contributed by atoms with Crippen LogP contribution in [-0.2, 0) is 4.74 Å². The number of carbonyl (C=O) groups is 1. The van der Waals surface area contributed by atoms with Crippen LogP contribution in [0.4, 0.5) is 0 Å². The Labute approximate surface area is 161 Å². The van der Waals surface area contributed by atoms with Gasteiger partial charge in [-0.1, -0.05) is 30.3 Å². The number of rotatable bonds is 2. The summed E-state index contributed by atoms with van der Waals surface area (Å²) in [5.41, 5.74) is 6.69. The molecule has 0 spiro atoms. The van der Waals surface area contributed by atoms with Gasteiger partial charge in [-0.3, -0.25) is 8.80 Å². The lowest BCUT2D eigenvalue weighted by Gasteiger charge is -2.15. The zero-order valence-electron chi connectivity index (χ0n) is 15.8. The molecule has 0 atom stereocenters. The molecule has 5 rings (SSSR count). The van der Waals surface area contributed by atoms with Crippen molar-refractivity contribution in [1.82, 2.24) is 18.8 Å². The number of aromatic nitrogens is 4. The van der Waals surface area contributed by atoms with E-state index < -0.39 is 5.97 Å². The second-order valence-electron chi connectivity index (χ2n) is 6.88.